The monoisotopic (exact) mass is 424 g/mol. The summed E-state index contributed by atoms with van der Waals surface area (Å²) in [5, 5.41) is 7.24. The SMILES string of the molecule is Cc1cnn(Cc2cc(F)ccc2F)c1NC(=O)C1CCCN(Cc2ccccc2)C1. The minimum absolute atomic E-state index is 0.0395. The first-order valence-corrected chi connectivity index (χ1v) is 10.5. The number of aromatic nitrogens is 2. The molecule has 1 amide bonds. The van der Waals surface area contributed by atoms with Crippen LogP contribution >= 0.6 is 0 Å². The number of aryl methyl sites for hydroxylation is 1. The normalized spacial score (nSPS) is 16.9. The summed E-state index contributed by atoms with van der Waals surface area (Å²) >= 11 is 0. The zero-order valence-corrected chi connectivity index (χ0v) is 17.5. The smallest absolute Gasteiger partial charge is 0.229 e. The fraction of sp³-hybridized carbons (Fsp3) is 0.333. The van der Waals surface area contributed by atoms with E-state index in [0.717, 1.165) is 49.7 Å². The molecule has 1 N–H and O–H groups in total. The minimum atomic E-state index is -0.508. The van der Waals surface area contributed by atoms with Crippen molar-refractivity contribution in [1.29, 1.82) is 0 Å². The Hall–Kier alpha value is -3.06. The lowest BCUT2D eigenvalue weighted by Gasteiger charge is -2.32. The number of benzene rings is 2. The molecule has 1 atom stereocenters. The molecule has 1 saturated heterocycles. The summed E-state index contributed by atoms with van der Waals surface area (Å²) in [7, 11) is 0. The maximum absolute atomic E-state index is 14.1. The largest absolute Gasteiger partial charge is 0.310 e. The van der Waals surface area contributed by atoms with Crippen molar-refractivity contribution in [2.24, 2.45) is 5.92 Å². The van der Waals surface area contributed by atoms with E-state index >= 15 is 0 Å². The molecular formula is C24H26F2N4O. The van der Waals surface area contributed by atoms with E-state index in [1.165, 1.54) is 10.2 Å². The van der Waals surface area contributed by atoms with E-state index in [-0.39, 0.29) is 23.9 Å². The molecule has 0 bridgehead atoms. The lowest BCUT2D eigenvalue weighted by molar-refractivity contribution is -0.121. The average Bonchev–Trinajstić information content (AvgIpc) is 3.11. The fourth-order valence-corrected chi connectivity index (χ4v) is 4.06. The molecular weight excluding hydrogens is 398 g/mol. The van der Waals surface area contributed by atoms with Gasteiger partial charge < -0.3 is 5.32 Å². The van der Waals surface area contributed by atoms with Gasteiger partial charge in [-0.25, -0.2) is 13.5 Å². The van der Waals surface area contributed by atoms with Gasteiger partial charge in [-0.15, -0.1) is 0 Å². The lowest BCUT2D eigenvalue weighted by Crippen LogP contribution is -2.40. The third kappa shape index (κ3) is 5.17. The Morgan fingerprint density at radius 1 is 1.16 bits per heavy atom. The number of carbonyl (C=O) groups excluding carboxylic acids is 1. The van der Waals surface area contributed by atoms with Gasteiger partial charge in [-0.3, -0.25) is 9.69 Å². The first-order chi connectivity index (χ1) is 15.0. The van der Waals surface area contributed by atoms with Crippen LogP contribution in [-0.4, -0.2) is 33.7 Å². The van der Waals surface area contributed by atoms with Gasteiger partial charge in [0.15, 0.2) is 0 Å². The quantitative estimate of drug-likeness (QED) is 0.639. The molecule has 7 heteroatoms. The number of anilines is 1. The van der Waals surface area contributed by atoms with E-state index in [0.29, 0.717) is 12.4 Å². The van der Waals surface area contributed by atoms with Gasteiger partial charge in [-0.05, 0) is 50.1 Å². The number of likely N-dealkylation sites (tertiary alicyclic amines) is 1. The molecule has 31 heavy (non-hydrogen) atoms. The Bertz CT molecular complexity index is 1050. The average molecular weight is 424 g/mol. The Morgan fingerprint density at radius 3 is 2.77 bits per heavy atom. The number of nitrogens with zero attached hydrogens (tertiary/aromatic N) is 3. The van der Waals surface area contributed by atoms with Crippen LogP contribution in [0.15, 0.2) is 54.7 Å². The molecule has 3 aromatic rings. The zero-order valence-electron chi connectivity index (χ0n) is 17.5. The molecule has 1 aromatic heterocycles. The van der Waals surface area contributed by atoms with Crippen LogP contribution in [-0.2, 0) is 17.9 Å². The van der Waals surface area contributed by atoms with Gasteiger partial charge in [0.1, 0.15) is 17.5 Å². The maximum atomic E-state index is 14.1. The molecule has 1 aliphatic heterocycles. The second kappa shape index (κ2) is 9.39. The Morgan fingerprint density at radius 2 is 1.97 bits per heavy atom. The van der Waals surface area contributed by atoms with E-state index in [4.69, 9.17) is 0 Å². The van der Waals surface area contributed by atoms with Gasteiger partial charge in [0.25, 0.3) is 0 Å². The van der Waals surface area contributed by atoms with Crippen molar-refractivity contribution in [2.75, 3.05) is 18.4 Å². The van der Waals surface area contributed by atoms with Crippen LogP contribution in [0.4, 0.5) is 14.6 Å². The van der Waals surface area contributed by atoms with Crippen LogP contribution < -0.4 is 5.32 Å². The molecule has 162 valence electrons. The number of halogens is 2. The summed E-state index contributed by atoms with van der Waals surface area (Å²) in [6, 6.07) is 13.6. The highest BCUT2D eigenvalue weighted by atomic mass is 19.1. The summed E-state index contributed by atoms with van der Waals surface area (Å²) in [6.07, 6.45) is 3.40. The van der Waals surface area contributed by atoms with Crippen LogP contribution in [0.3, 0.4) is 0 Å². The van der Waals surface area contributed by atoms with E-state index in [9.17, 15) is 13.6 Å². The summed E-state index contributed by atoms with van der Waals surface area (Å²) in [5.74, 6) is -0.690. The second-order valence-corrected chi connectivity index (χ2v) is 8.12. The van der Waals surface area contributed by atoms with Crippen LogP contribution in [0.25, 0.3) is 0 Å². The highest BCUT2D eigenvalue weighted by Gasteiger charge is 2.27. The third-order valence-electron chi connectivity index (χ3n) is 5.72. The van der Waals surface area contributed by atoms with Gasteiger partial charge in [-0.1, -0.05) is 30.3 Å². The van der Waals surface area contributed by atoms with Crippen molar-refractivity contribution in [2.45, 2.75) is 32.9 Å². The number of amides is 1. The standard InChI is InChI=1S/C24H26F2N4O/c1-17-13-27-30(16-20-12-21(25)9-10-22(20)26)23(17)28-24(31)19-8-5-11-29(15-19)14-18-6-3-2-4-7-18/h2-4,6-7,9-10,12-13,19H,5,8,11,14-16H2,1H3,(H,28,31). The van der Waals surface area contributed by atoms with Crippen LogP contribution in [0.1, 0.15) is 29.5 Å². The molecule has 4 rings (SSSR count). The molecule has 0 aliphatic carbocycles. The molecule has 2 heterocycles. The van der Waals surface area contributed by atoms with E-state index in [1.807, 2.05) is 25.1 Å². The highest BCUT2D eigenvalue weighted by molar-refractivity contribution is 5.92. The second-order valence-electron chi connectivity index (χ2n) is 8.12. The molecule has 0 spiro atoms. The van der Waals surface area contributed by atoms with Gasteiger partial charge in [-0.2, -0.15) is 5.10 Å². The first kappa shape index (κ1) is 21.2. The van der Waals surface area contributed by atoms with Crippen molar-refractivity contribution in [3.8, 4) is 0 Å². The predicted molar refractivity (Wildman–Crippen MR) is 115 cm³/mol. The van der Waals surface area contributed by atoms with Gasteiger partial charge in [0.2, 0.25) is 5.91 Å². The molecule has 1 unspecified atom stereocenters. The first-order valence-electron chi connectivity index (χ1n) is 10.5. The van der Waals surface area contributed by atoms with Gasteiger partial charge in [0, 0.05) is 24.2 Å². The highest BCUT2D eigenvalue weighted by Crippen LogP contribution is 2.23. The molecule has 1 aliphatic rings. The van der Waals surface area contributed by atoms with Crippen LogP contribution in [0, 0.1) is 24.5 Å². The maximum Gasteiger partial charge on any atom is 0.229 e. The number of rotatable bonds is 6. The number of piperidine rings is 1. The number of carbonyl (C=O) groups is 1. The van der Waals surface area contributed by atoms with Crippen molar-refractivity contribution >= 4 is 11.7 Å². The molecule has 1 fully saturated rings. The lowest BCUT2D eigenvalue weighted by atomic mass is 9.96. The Labute approximate surface area is 180 Å². The molecule has 2 aromatic carbocycles. The number of hydrogen-bond acceptors (Lipinski definition) is 3. The van der Waals surface area contributed by atoms with E-state index < -0.39 is 11.6 Å². The van der Waals surface area contributed by atoms with E-state index in [1.54, 1.807) is 6.20 Å². The molecule has 0 saturated carbocycles. The minimum Gasteiger partial charge on any atom is -0.310 e. The third-order valence-corrected chi connectivity index (χ3v) is 5.72. The van der Waals surface area contributed by atoms with Crippen molar-refractivity contribution in [3.05, 3.63) is 83.1 Å². The number of nitrogens with one attached hydrogen (secondary N) is 1. The summed E-state index contributed by atoms with van der Waals surface area (Å²) in [5.41, 5.74) is 2.20. The fourth-order valence-electron chi connectivity index (χ4n) is 4.06. The topological polar surface area (TPSA) is 50.2 Å². The van der Waals surface area contributed by atoms with Crippen molar-refractivity contribution in [3.63, 3.8) is 0 Å². The van der Waals surface area contributed by atoms with Gasteiger partial charge >= 0.3 is 0 Å². The van der Waals surface area contributed by atoms with Crippen LogP contribution in [0.2, 0.25) is 0 Å². The van der Waals surface area contributed by atoms with Gasteiger partial charge in [0.05, 0.1) is 18.7 Å². The molecule has 0 radical (unpaired) electrons. The Balaban J connectivity index is 1.43. The summed E-state index contributed by atoms with van der Waals surface area (Å²) in [4.78, 5) is 15.3. The molecule has 5 nitrogen and oxygen atoms in total. The van der Waals surface area contributed by atoms with Crippen LogP contribution in [0.5, 0.6) is 0 Å². The van der Waals surface area contributed by atoms with E-state index in [2.05, 4.69) is 27.4 Å². The Kier molecular flexibility index (Phi) is 6.42. The summed E-state index contributed by atoms with van der Waals surface area (Å²) < 4.78 is 29.1. The number of hydrogen-bond donors (Lipinski definition) is 1. The predicted octanol–water partition coefficient (Wildman–Crippen LogP) is 4.37. The van der Waals surface area contributed by atoms with Crippen molar-refractivity contribution in [1.82, 2.24) is 14.7 Å². The summed E-state index contributed by atoms with van der Waals surface area (Å²) in [6.45, 7) is 4.35. The van der Waals surface area contributed by atoms with Crippen molar-refractivity contribution < 1.29 is 13.6 Å². The zero-order chi connectivity index (χ0) is 21.8.